The number of ether oxygens (including phenoxy) is 5. The highest BCUT2D eigenvalue weighted by molar-refractivity contribution is 5.91. The first-order chi connectivity index (χ1) is 14.1. The summed E-state index contributed by atoms with van der Waals surface area (Å²) in [7, 11) is 4.65. The van der Waals surface area contributed by atoms with E-state index in [0.717, 1.165) is 22.6 Å². The molecule has 7 heteroatoms. The lowest BCUT2D eigenvalue weighted by atomic mass is 10.1. The second-order valence-corrected chi connectivity index (χ2v) is 6.31. The van der Waals surface area contributed by atoms with Crippen LogP contribution in [0.4, 0.5) is 0 Å². The monoisotopic (exact) mass is 399 g/mol. The molecule has 1 aliphatic heterocycles. The summed E-state index contributed by atoms with van der Waals surface area (Å²) < 4.78 is 27.0. The Labute approximate surface area is 170 Å². The number of rotatable bonds is 8. The van der Waals surface area contributed by atoms with Crippen LogP contribution in [0.15, 0.2) is 36.4 Å². The van der Waals surface area contributed by atoms with E-state index >= 15 is 0 Å². The van der Waals surface area contributed by atoms with Crippen LogP contribution >= 0.6 is 0 Å². The highest BCUT2D eigenvalue weighted by Crippen LogP contribution is 2.38. The number of benzene rings is 2. The van der Waals surface area contributed by atoms with Gasteiger partial charge in [0.2, 0.25) is 11.7 Å². The van der Waals surface area contributed by atoms with E-state index in [1.165, 1.54) is 6.08 Å². The van der Waals surface area contributed by atoms with Gasteiger partial charge in [-0.05, 0) is 47.9 Å². The summed E-state index contributed by atoms with van der Waals surface area (Å²) in [6.07, 6.45) is 3.87. The summed E-state index contributed by atoms with van der Waals surface area (Å²) in [4.78, 5) is 12.1. The molecule has 7 nitrogen and oxygen atoms in total. The summed E-state index contributed by atoms with van der Waals surface area (Å²) in [6.45, 7) is 1.64. The Bertz CT molecular complexity index is 868. The number of fused-ring (bicyclic) bond motifs is 1. The maximum atomic E-state index is 12.1. The van der Waals surface area contributed by atoms with E-state index in [0.29, 0.717) is 43.4 Å². The van der Waals surface area contributed by atoms with Gasteiger partial charge in [-0.3, -0.25) is 4.79 Å². The van der Waals surface area contributed by atoms with Gasteiger partial charge in [-0.15, -0.1) is 0 Å². The molecule has 0 radical (unpaired) electrons. The summed E-state index contributed by atoms with van der Waals surface area (Å²) in [5.74, 6) is 2.91. The number of carbonyl (C=O) groups is 1. The molecular weight excluding hydrogens is 374 g/mol. The summed E-state index contributed by atoms with van der Waals surface area (Å²) >= 11 is 0. The molecule has 0 bridgehead atoms. The number of nitrogens with one attached hydrogen (secondary N) is 1. The van der Waals surface area contributed by atoms with Gasteiger partial charge in [0.25, 0.3) is 0 Å². The van der Waals surface area contributed by atoms with Crippen molar-refractivity contribution in [2.75, 3.05) is 41.1 Å². The van der Waals surface area contributed by atoms with Gasteiger partial charge in [0.1, 0.15) is 13.2 Å². The lowest BCUT2D eigenvalue weighted by Gasteiger charge is -2.18. The van der Waals surface area contributed by atoms with Crippen LogP contribution in [0.5, 0.6) is 28.7 Å². The number of carbonyl (C=O) groups excluding carboxylic acids is 1. The second kappa shape index (κ2) is 9.73. The van der Waals surface area contributed by atoms with Crippen molar-refractivity contribution in [3.8, 4) is 28.7 Å². The third kappa shape index (κ3) is 5.13. The first-order valence-corrected chi connectivity index (χ1v) is 9.29. The van der Waals surface area contributed by atoms with Gasteiger partial charge < -0.3 is 29.0 Å². The van der Waals surface area contributed by atoms with Gasteiger partial charge in [0, 0.05) is 12.6 Å². The van der Waals surface area contributed by atoms with Crippen molar-refractivity contribution in [1.29, 1.82) is 0 Å². The molecule has 0 saturated carbocycles. The third-order valence-corrected chi connectivity index (χ3v) is 4.43. The lowest BCUT2D eigenvalue weighted by Crippen LogP contribution is -2.23. The minimum Gasteiger partial charge on any atom is -0.493 e. The zero-order valence-corrected chi connectivity index (χ0v) is 16.8. The lowest BCUT2D eigenvalue weighted by molar-refractivity contribution is -0.116. The molecule has 0 saturated heterocycles. The fourth-order valence-electron chi connectivity index (χ4n) is 3.00. The van der Waals surface area contributed by atoms with E-state index in [2.05, 4.69) is 5.32 Å². The van der Waals surface area contributed by atoms with Crippen LogP contribution in [0.25, 0.3) is 6.08 Å². The summed E-state index contributed by atoms with van der Waals surface area (Å²) in [6, 6.07) is 9.38. The van der Waals surface area contributed by atoms with E-state index < -0.39 is 0 Å². The molecule has 1 heterocycles. The van der Waals surface area contributed by atoms with Crippen LogP contribution in [0.1, 0.15) is 11.1 Å². The zero-order chi connectivity index (χ0) is 20.6. The molecule has 154 valence electrons. The quantitative estimate of drug-likeness (QED) is 0.688. The van der Waals surface area contributed by atoms with Crippen molar-refractivity contribution in [3.63, 3.8) is 0 Å². The molecule has 1 N–H and O–H groups in total. The average molecular weight is 399 g/mol. The molecule has 0 spiro atoms. The van der Waals surface area contributed by atoms with Crippen LogP contribution in [0, 0.1) is 0 Å². The number of hydrogen-bond acceptors (Lipinski definition) is 6. The maximum Gasteiger partial charge on any atom is 0.244 e. The van der Waals surface area contributed by atoms with Crippen molar-refractivity contribution < 1.29 is 28.5 Å². The Morgan fingerprint density at radius 3 is 2.34 bits per heavy atom. The SMILES string of the molecule is COc1cc(C=CC(=O)NCCc2ccc3c(c2)OCCO3)cc(OC)c1OC. The first-order valence-electron chi connectivity index (χ1n) is 9.29. The van der Waals surface area contributed by atoms with E-state index in [1.54, 1.807) is 39.5 Å². The zero-order valence-electron chi connectivity index (χ0n) is 16.8. The van der Waals surface area contributed by atoms with Gasteiger partial charge in [0.05, 0.1) is 21.3 Å². The molecule has 3 rings (SSSR count). The van der Waals surface area contributed by atoms with Crippen LogP contribution < -0.4 is 29.0 Å². The fraction of sp³-hybridized carbons (Fsp3) is 0.318. The van der Waals surface area contributed by atoms with Gasteiger partial charge >= 0.3 is 0 Å². The molecule has 0 unspecified atom stereocenters. The minimum atomic E-state index is -0.184. The second-order valence-electron chi connectivity index (χ2n) is 6.31. The van der Waals surface area contributed by atoms with Gasteiger partial charge in [-0.2, -0.15) is 0 Å². The van der Waals surface area contributed by atoms with Crippen molar-refractivity contribution in [1.82, 2.24) is 5.32 Å². The topological polar surface area (TPSA) is 75.3 Å². The predicted octanol–water partition coefficient (Wildman–Crippen LogP) is 2.86. The van der Waals surface area contributed by atoms with Crippen molar-refractivity contribution in [2.45, 2.75) is 6.42 Å². The first kappa shape index (κ1) is 20.4. The van der Waals surface area contributed by atoms with Crippen LogP contribution in [-0.2, 0) is 11.2 Å². The fourth-order valence-corrected chi connectivity index (χ4v) is 3.00. The highest BCUT2D eigenvalue weighted by Gasteiger charge is 2.13. The summed E-state index contributed by atoms with van der Waals surface area (Å²) in [5, 5.41) is 2.88. The van der Waals surface area contributed by atoms with Gasteiger partial charge in [-0.1, -0.05) is 6.07 Å². The smallest absolute Gasteiger partial charge is 0.244 e. The molecule has 2 aromatic rings. The van der Waals surface area contributed by atoms with Crippen molar-refractivity contribution in [2.24, 2.45) is 0 Å². The van der Waals surface area contributed by atoms with Crippen LogP contribution in [0.2, 0.25) is 0 Å². The van der Waals surface area contributed by atoms with Crippen molar-refractivity contribution >= 4 is 12.0 Å². The maximum absolute atomic E-state index is 12.1. The summed E-state index contributed by atoms with van der Waals surface area (Å²) in [5.41, 5.74) is 1.84. The molecule has 2 aromatic carbocycles. The Hall–Kier alpha value is -3.35. The number of amides is 1. The van der Waals surface area contributed by atoms with Crippen LogP contribution in [0.3, 0.4) is 0 Å². The Balaban J connectivity index is 1.56. The van der Waals surface area contributed by atoms with E-state index in [-0.39, 0.29) is 5.91 Å². The Kier molecular flexibility index (Phi) is 6.84. The van der Waals surface area contributed by atoms with Gasteiger partial charge in [0.15, 0.2) is 23.0 Å². The number of hydrogen-bond donors (Lipinski definition) is 1. The normalized spacial score (nSPS) is 12.5. The number of methoxy groups -OCH3 is 3. The molecule has 0 atom stereocenters. The molecule has 0 aliphatic carbocycles. The predicted molar refractivity (Wildman–Crippen MR) is 109 cm³/mol. The standard InChI is InChI=1S/C22H25NO6/c1-25-19-13-16(14-20(26-2)22(19)27-3)5-7-21(24)23-9-8-15-4-6-17-18(12-15)29-11-10-28-17/h4-7,12-14H,8-11H2,1-3H3,(H,23,24). The third-order valence-electron chi connectivity index (χ3n) is 4.43. The van der Waals surface area contributed by atoms with E-state index in [9.17, 15) is 4.79 Å². The molecule has 1 amide bonds. The molecule has 0 fully saturated rings. The van der Waals surface area contributed by atoms with E-state index in [4.69, 9.17) is 23.7 Å². The molecule has 29 heavy (non-hydrogen) atoms. The highest BCUT2D eigenvalue weighted by atomic mass is 16.6. The molecule has 1 aliphatic rings. The Morgan fingerprint density at radius 2 is 1.69 bits per heavy atom. The van der Waals surface area contributed by atoms with Crippen molar-refractivity contribution in [3.05, 3.63) is 47.5 Å². The van der Waals surface area contributed by atoms with E-state index in [1.807, 2.05) is 18.2 Å². The largest absolute Gasteiger partial charge is 0.493 e. The van der Waals surface area contributed by atoms with Crippen LogP contribution in [-0.4, -0.2) is 47.0 Å². The van der Waals surface area contributed by atoms with Gasteiger partial charge in [-0.25, -0.2) is 0 Å². The minimum absolute atomic E-state index is 0.184. The average Bonchev–Trinajstić information content (AvgIpc) is 2.76. The Morgan fingerprint density at radius 1 is 1.00 bits per heavy atom. The molecule has 0 aromatic heterocycles. The molecular formula is C22H25NO6.